The summed E-state index contributed by atoms with van der Waals surface area (Å²) in [5.74, 6) is 0. The average molecular weight is 297 g/mol. The molecular weight excluding hydrogens is 295 g/mol. The number of phosphoric acid groups is 2. The molecule has 64 valence electrons. The molecule has 0 aromatic heterocycles. The van der Waals surface area contributed by atoms with E-state index in [0.29, 0.717) is 0 Å². The van der Waals surface area contributed by atoms with Crippen LogP contribution in [0.15, 0.2) is 0 Å². The minimum atomic E-state index is -5.39. The second kappa shape index (κ2) is 9.65. The Hall–Kier alpha value is 2.10. The van der Waals surface area contributed by atoms with Gasteiger partial charge in [0.1, 0.15) is 0 Å². The predicted octanol–water partition coefficient (Wildman–Crippen LogP) is -4.77. The van der Waals surface area contributed by atoms with Gasteiger partial charge in [0, 0.05) is 0 Å². The van der Waals surface area contributed by atoms with Crippen molar-refractivity contribution in [2.75, 3.05) is 0 Å². The van der Waals surface area contributed by atoms with Gasteiger partial charge in [-0.25, -0.2) is 0 Å². The summed E-state index contributed by atoms with van der Waals surface area (Å²) >= 11 is 0. The Bertz CT molecular complexity index is 129. The van der Waals surface area contributed by atoms with Crippen molar-refractivity contribution in [2.24, 2.45) is 0 Å². The number of hydrogen-bond acceptors (Lipinski definition) is 6. The normalized spacial score (nSPS) is 9.83. The molecule has 12 heteroatoms. The molecule has 0 amide bonds. The maximum Gasteiger partial charge on any atom is 2.00 e. The second-order valence-electron chi connectivity index (χ2n) is 0.938. The predicted molar refractivity (Wildman–Crippen MR) is 25.4 cm³/mol. The largest absolute Gasteiger partial charge is 2.00 e. The Labute approximate surface area is 110 Å². The molecule has 0 unspecified atom stereocenters. The molecule has 0 radical (unpaired) electrons. The Morgan fingerprint density at radius 1 is 0.917 bits per heavy atom. The molecule has 0 fully saturated rings. The van der Waals surface area contributed by atoms with Crippen LogP contribution in [0.25, 0.3) is 0 Å². The first kappa shape index (κ1) is 23.7. The molecule has 0 atom stereocenters. The second-order valence-corrected chi connectivity index (χ2v) is 2.81. The van der Waals surface area contributed by atoms with Gasteiger partial charge in [0.25, 0.3) is 7.82 Å². The minimum Gasteiger partial charge on any atom is -0.822 e. The fourth-order valence-electron chi connectivity index (χ4n) is 0. The zero-order valence-corrected chi connectivity index (χ0v) is 12.6. The SMILES string of the molecule is O=P([O-])(O)O.O=P([O-])([O-])[O-].[Ca+2].[Zn+2]. The molecule has 0 aliphatic carbocycles. The molecule has 0 heterocycles. The van der Waals surface area contributed by atoms with Crippen LogP contribution in [0.1, 0.15) is 0 Å². The summed E-state index contributed by atoms with van der Waals surface area (Å²) in [6.07, 6.45) is 0. The fourth-order valence-corrected chi connectivity index (χ4v) is 0. The Balaban J connectivity index is -0.0000000457. The van der Waals surface area contributed by atoms with Gasteiger partial charge in [0.05, 0.1) is 0 Å². The van der Waals surface area contributed by atoms with Gasteiger partial charge >= 0.3 is 57.2 Å². The van der Waals surface area contributed by atoms with Gasteiger partial charge in [-0.3, -0.25) is 4.57 Å². The van der Waals surface area contributed by atoms with E-state index in [2.05, 4.69) is 0 Å². The molecule has 0 rings (SSSR count). The van der Waals surface area contributed by atoms with Gasteiger partial charge in [0.2, 0.25) is 0 Å². The van der Waals surface area contributed by atoms with Crippen molar-refractivity contribution in [3.63, 3.8) is 0 Å². The first-order valence-corrected chi connectivity index (χ1v) is 4.49. The molecule has 0 bridgehead atoms. The van der Waals surface area contributed by atoms with Crippen molar-refractivity contribution in [2.45, 2.75) is 0 Å². The van der Waals surface area contributed by atoms with E-state index in [1.54, 1.807) is 0 Å². The molecule has 12 heavy (non-hydrogen) atoms. The summed E-state index contributed by atoms with van der Waals surface area (Å²) in [7, 11) is -10.3. The summed E-state index contributed by atoms with van der Waals surface area (Å²) in [4.78, 5) is 48.6. The summed E-state index contributed by atoms with van der Waals surface area (Å²) in [5, 5.41) is 0. The summed E-state index contributed by atoms with van der Waals surface area (Å²) in [5.41, 5.74) is 0. The maximum absolute atomic E-state index is 8.77. The van der Waals surface area contributed by atoms with Crippen LogP contribution in [0.3, 0.4) is 0 Å². The van der Waals surface area contributed by atoms with Crippen molar-refractivity contribution in [3.05, 3.63) is 0 Å². The minimum absolute atomic E-state index is 0. The summed E-state index contributed by atoms with van der Waals surface area (Å²) < 4.78 is 17.3. The molecule has 0 aromatic carbocycles. The van der Waals surface area contributed by atoms with Gasteiger partial charge in [0.15, 0.2) is 0 Å². The van der Waals surface area contributed by atoms with Gasteiger partial charge in [-0.15, -0.1) is 0 Å². The molecule has 0 saturated carbocycles. The van der Waals surface area contributed by atoms with Crippen molar-refractivity contribution in [3.8, 4) is 0 Å². The van der Waals surface area contributed by atoms with E-state index in [-0.39, 0.29) is 57.2 Å². The molecular formula is H2CaO8P2Zn. The first-order chi connectivity index (χ1) is 4.00. The van der Waals surface area contributed by atoms with Gasteiger partial charge in [-0.2, -0.15) is 7.82 Å². The first-order valence-electron chi connectivity index (χ1n) is 1.50. The third-order valence-corrected chi connectivity index (χ3v) is 0. The number of hydrogen-bond donors (Lipinski definition) is 2. The van der Waals surface area contributed by atoms with Crippen molar-refractivity contribution in [1.29, 1.82) is 0 Å². The van der Waals surface area contributed by atoms with Crippen molar-refractivity contribution >= 4 is 53.4 Å². The van der Waals surface area contributed by atoms with Crippen LogP contribution in [0.2, 0.25) is 0 Å². The van der Waals surface area contributed by atoms with Crippen LogP contribution in [0.4, 0.5) is 0 Å². The van der Waals surface area contributed by atoms with Gasteiger partial charge in [-0.1, -0.05) is 0 Å². The van der Waals surface area contributed by atoms with E-state index in [9.17, 15) is 0 Å². The van der Waals surface area contributed by atoms with E-state index in [1.165, 1.54) is 0 Å². The van der Waals surface area contributed by atoms with Gasteiger partial charge < -0.3 is 33.9 Å². The Morgan fingerprint density at radius 2 is 0.917 bits per heavy atom. The van der Waals surface area contributed by atoms with Crippen LogP contribution in [0.5, 0.6) is 0 Å². The van der Waals surface area contributed by atoms with Crippen LogP contribution in [0, 0.1) is 0 Å². The van der Waals surface area contributed by atoms with Gasteiger partial charge in [-0.05, 0) is 0 Å². The molecule has 2 N–H and O–H groups in total. The van der Waals surface area contributed by atoms with E-state index in [0.717, 1.165) is 0 Å². The zero-order chi connectivity index (χ0) is 9.00. The van der Waals surface area contributed by atoms with E-state index < -0.39 is 15.6 Å². The topological polar surface area (TPSA) is 167 Å². The van der Waals surface area contributed by atoms with Crippen LogP contribution in [-0.2, 0) is 28.6 Å². The van der Waals surface area contributed by atoms with Crippen molar-refractivity contribution in [1.82, 2.24) is 0 Å². The molecule has 8 nitrogen and oxygen atoms in total. The van der Waals surface area contributed by atoms with Crippen LogP contribution in [-0.4, -0.2) is 47.5 Å². The van der Waals surface area contributed by atoms with Crippen LogP contribution < -0.4 is 19.6 Å². The maximum atomic E-state index is 8.77. The quantitative estimate of drug-likeness (QED) is 0.332. The van der Waals surface area contributed by atoms with E-state index >= 15 is 0 Å². The molecule has 0 aromatic rings. The van der Waals surface area contributed by atoms with E-state index in [1.807, 2.05) is 0 Å². The third-order valence-electron chi connectivity index (χ3n) is 0. The average Bonchev–Trinajstić information content (AvgIpc) is 1.12. The van der Waals surface area contributed by atoms with E-state index in [4.69, 9.17) is 38.5 Å². The fraction of sp³-hybridized carbons (Fsp3) is 0. The van der Waals surface area contributed by atoms with Crippen LogP contribution >= 0.6 is 15.6 Å². The smallest absolute Gasteiger partial charge is 0.822 e. The standard InChI is InChI=1S/Ca.2H3O4P.Zn/c;2*1-5(2,3)4;/h;2*(H3,1,2,3,4);/q+2;;;+2/p-4. The molecule has 0 aliphatic heterocycles. The molecule has 0 spiro atoms. The summed E-state index contributed by atoms with van der Waals surface area (Å²) in [6.45, 7) is 0. The third kappa shape index (κ3) is 337. The Kier molecular flexibility index (Phi) is 19.1. The zero-order valence-electron chi connectivity index (χ0n) is 5.65. The van der Waals surface area contributed by atoms with Crippen molar-refractivity contribution < 1.29 is 58.0 Å². The number of rotatable bonds is 0. The Morgan fingerprint density at radius 3 is 0.917 bits per heavy atom. The molecule has 0 aliphatic rings. The summed E-state index contributed by atoms with van der Waals surface area (Å²) in [6, 6.07) is 0. The monoisotopic (exact) mass is 296 g/mol. The molecule has 0 saturated heterocycles.